The van der Waals surface area contributed by atoms with Crippen LogP contribution in [0.5, 0.6) is 0 Å². The quantitative estimate of drug-likeness (QED) is 0.469. The predicted molar refractivity (Wildman–Crippen MR) is 119 cm³/mol. The third-order valence-corrected chi connectivity index (χ3v) is 6.10. The fraction of sp³-hybridized carbons (Fsp3) is 0.208. The molecule has 2 N–H and O–H groups in total. The van der Waals surface area contributed by atoms with Gasteiger partial charge in [-0.1, -0.05) is 0 Å². The number of rotatable bonds is 3. The highest BCUT2D eigenvalue weighted by molar-refractivity contribution is 5.97. The molecule has 5 aromatic rings. The van der Waals surface area contributed by atoms with E-state index in [2.05, 4.69) is 44.6 Å². The molecule has 30 heavy (non-hydrogen) atoms. The molecule has 0 spiro atoms. The molecular weight excluding hydrogens is 372 g/mol. The zero-order chi connectivity index (χ0) is 20.1. The summed E-state index contributed by atoms with van der Waals surface area (Å²) in [4.78, 5) is 12.4. The lowest BCUT2D eigenvalue weighted by molar-refractivity contribution is 0.653. The average molecular weight is 394 g/mol. The maximum absolute atomic E-state index is 4.71. The van der Waals surface area contributed by atoms with Crippen molar-refractivity contribution in [3.05, 3.63) is 67.0 Å². The van der Waals surface area contributed by atoms with Crippen molar-refractivity contribution in [1.29, 1.82) is 0 Å². The lowest BCUT2D eigenvalue weighted by atomic mass is 9.93. The summed E-state index contributed by atoms with van der Waals surface area (Å²) in [5.74, 6) is 0. The number of aromatic amines is 1. The Kier molecular flexibility index (Phi) is 3.92. The van der Waals surface area contributed by atoms with E-state index in [1.54, 1.807) is 0 Å². The van der Waals surface area contributed by atoms with Crippen LogP contribution < -0.4 is 5.32 Å². The number of benzene rings is 1. The molecule has 0 bridgehead atoms. The maximum Gasteiger partial charge on any atom is 0.137 e. The number of hydrogen-bond acceptors (Lipinski definition) is 4. The van der Waals surface area contributed by atoms with Gasteiger partial charge in [-0.05, 0) is 60.2 Å². The van der Waals surface area contributed by atoms with Crippen molar-refractivity contribution in [1.82, 2.24) is 30.0 Å². The van der Waals surface area contributed by atoms with E-state index in [1.807, 2.05) is 48.9 Å². The van der Waals surface area contributed by atoms with Gasteiger partial charge in [-0.25, -0.2) is 4.98 Å². The highest BCUT2D eigenvalue weighted by atomic mass is 15.2. The summed E-state index contributed by atoms with van der Waals surface area (Å²) >= 11 is 0. The van der Waals surface area contributed by atoms with Gasteiger partial charge in [0.2, 0.25) is 0 Å². The Morgan fingerprint density at radius 3 is 2.83 bits per heavy atom. The summed E-state index contributed by atoms with van der Waals surface area (Å²) in [6.07, 6.45) is 14.1. The minimum atomic E-state index is 0.381. The minimum Gasteiger partial charge on any atom is -0.346 e. The Balaban J connectivity index is 1.53. The van der Waals surface area contributed by atoms with Gasteiger partial charge in [-0.2, -0.15) is 5.10 Å². The molecule has 1 aromatic carbocycles. The monoisotopic (exact) mass is 394 g/mol. The van der Waals surface area contributed by atoms with Crippen molar-refractivity contribution in [2.75, 3.05) is 6.54 Å². The fourth-order valence-electron chi connectivity index (χ4n) is 4.59. The molecular formula is C24H22N6. The summed E-state index contributed by atoms with van der Waals surface area (Å²) in [5.41, 5.74) is 6.73. The number of aryl methyl sites for hydroxylation is 1. The number of aromatic nitrogens is 5. The minimum absolute atomic E-state index is 0.381. The Morgan fingerprint density at radius 1 is 1.03 bits per heavy atom. The predicted octanol–water partition coefficient (Wildman–Crippen LogP) is 4.60. The van der Waals surface area contributed by atoms with Gasteiger partial charge in [0.15, 0.2) is 0 Å². The number of fused-ring (bicyclic) bond motifs is 2. The van der Waals surface area contributed by atoms with Crippen molar-refractivity contribution in [3.63, 3.8) is 0 Å². The van der Waals surface area contributed by atoms with E-state index < -0.39 is 0 Å². The highest BCUT2D eigenvalue weighted by Gasteiger charge is 2.20. The maximum atomic E-state index is 4.71. The Morgan fingerprint density at radius 2 is 2.00 bits per heavy atom. The molecule has 1 atom stereocenters. The summed E-state index contributed by atoms with van der Waals surface area (Å²) < 4.78 is 1.82. The van der Waals surface area contributed by atoms with Crippen LogP contribution in [-0.4, -0.2) is 31.3 Å². The van der Waals surface area contributed by atoms with Gasteiger partial charge in [0.05, 0.1) is 6.20 Å². The van der Waals surface area contributed by atoms with Gasteiger partial charge in [-0.15, -0.1) is 0 Å². The first-order valence-corrected chi connectivity index (χ1v) is 10.3. The van der Waals surface area contributed by atoms with Gasteiger partial charge in [0.25, 0.3) is 0 Å². The van der Waals surface area contributed by atoms with Crippen LogP contribution in [0.15, 0.2) is 61.4 Å². The number of H-pyrrole nitrogens is 1. The summed E-state index contributed by atoms with van der Waals surface area (Å²) in [6, 6.07) is 9.27. The molecule has 1 aliphatic rings. The molecule has 1 unspecified atom stereocenters. The molecule has 0 amide bonds. The third-order valence-electron chi connectivity index (χ3n) is 6.10. The molecule has 0 aliphatic carbocycles. The molecule has 148 valence electrons. The highest BCUT2D eigenvalue weighted by Crippen LogP contribution is 2.36. The molecule has 1 saturated heterocycles. The first-order chi connectivity index (χ1) is 14.8. The molecule has 6 nitrogen and oxygen atoms in total. The van der Waals surface area contributed by atoms with Gasteiger partial charge < -0.3 is 10.3 Å². The molecule has 1 fully saturated rings. The topological polar surface area (TPSA) is 71.4 Å². The summed E-state index contributed by atoms with van der Waals surface area (Å²) in [6.45, 7) is 1.07. The first-order valence-electron chi connectivity index (χ1n) is 10.3. The van der Waals surface area contributed by atoms with Gasteiger partial charge in [0.1, 0.15) is 5.65 Å². The van der Waals surface area contributed by atoms with E-state index in [0.29, 0.717) is 6.04 Å². The summed E-state index contributed by atoms with van der Waals surface area (Å²) in [5, 5.41) is 11.5. The van der Waals surface area contributed by atoms with E-state index in [9.17, 15) is 0 Å². The molecule has 1 aliphatic heterocycles. The van der Waals surface area contributed by atoms with Crippen LogP contribution in [0.1, 0.15) is 24.4 Å². The lowest BCUT2D eigenvalue weighted by Crippen LogP contribution is -2.13. The number of nitrogens with zero attached hydrogens (tertiary/aromatic N) is 4. The second-order valence-electron chi connectivity index (χ2n) is 8.04. The normalized spacial score (nSPS) is 16.6. The van der Waals surface area contributed by atoms with E-state index in [-0.39, 0.29) is 0 Å². The summed E-state index contributed by atoms with van der Waals surface area (Å²) in [7, 11) is 1.94. The van der Waals surface area contributed by atoms with Crippen LogP contribution in [0.2, 0.25) is 0 Å². The van der Waals surface area contributed by atoms with Crippen LogP contribution in [0.3, 0.4) is 0 Å². The zero-order valence-electron chi connectivity index (χ0n) is 16.8. The average Bonchev–Trinajstić information content (AvgIpc) is 3.53. The second kappa shape index (κ2) is 6.78. The Bertz CT molecular complexity index is 1370. The van der Waals surface area contributed by atoms with Crippen molar-refractivity contribution in [2.45, 2.75) is 18.9 Å². The van der Waals surface area contributed by atoms with Gasteiger partial charge >= 0.3 is 0 Å². The smallest absolute Gasteiger partial charge is 0.137 e. The van der Waals surface area contributed by atoms with Gasteiger partial charge in [-0.3, -0.25) is 9.67 Å². The van der Waals surface area contributed by atoms with Crippen molar-refractivity contribution < 1.29 is 0 Å². The van der Waals surface area contributed by atoms with Crippen molar-refractivity contribution >= 4 is 21.8 Å². The first kappa shape index (κ1) is 17.4. The largest absolute Gasteiger partial charge is 0.346 e. The number of pyridine rings is 2. The van der Waals surface area contributed by atoms with E-state index in [1.165, 1.54) is 28.3 Å². The van der Waals surface area contributed by atoms with Crippen LogP contribution in [-0.2, 0) is 7.05 Å². The van der Waals surface area contributed by atoms with E-state index in [0.717, 1.165) is 40.7 Å². The standard InChI is InChI=1S/C24H22N6/c1-30-14-18(11-29-30)22-13-28-24-20(22)9-17(10-27-24)16-7-15-4-6-25-12-21(15)19(8-16)23-3-2-5-26-23/h4,6-14,23,26H,2-3,5H2,1H3,(H,27,28). The van der Waals surface area contributed by atoms with Crippen LogP contribution in [0.4, 0.5) is 0 Å². The number of hydrogen-bond donors (Lipinski definition) is 2. The molecule has 0 saturated carbocycles. The van der Waals surface area contributed by atoms with Crippen LogP contribution in [0, 0.1) is 0 Å². The Hall–Kier alpha value is -3.51. The molecule has 6 rings (SSSR count). The molecule has 6 heteroatoms. The van der Waals surface area contributed by atoms with E-state index in [4.69, 9.17) is 4.98 Å². The zero-order valence-corrected chi connectivity index (χ0v) is 16.8. The van der Waals surface area contributed by atoms with Crippen LogP contribution in [0.25, 0.3) is 44.1 Å². The molecule has 5 heterocycles. The second-order valence-corrected chi connectivity index (χ2v) is 8.04. The molecule has 4 aromatic heterocycles. The molecule has 0 radical (unpaired) electrons. The third kappa shape index (κ3) is 2.80. The van der Waals surface area contributed by atoms with Gasteiger partial charge in [0, 0.05) is 71.5 Å². The number of nitrogens with one attached hydrogen (secondary N) is 2. The Labute approximate surface area is 174 Å². The van der Waals surface area contributed by atoms with Crippen LogP contribution >= 0.6 is 0 Å². The fourth-order valence-corrected chi connectivity index (χ4v) is 4.59. The van der Waals surface area contributed by atoms with Crippen molar-refractivity contribution in [2.24, 2.45) is 7.05 Å². The SMILES string of the molecule is Cn1cc(-c2c[nH]c3ncc(-c4cc(C5CCCN5)c5cnccc5c4)cc23)cn1. The van der Waals surface area contributed by atoms with E-state index >= 15 is 0 Å². The lowest BCUT2D eigenvalue weighted by Gasteiger charge is -2.16. The van der Waals surface area contributed by atoms with Crippen molar-refractivity contribution in [3.8, 4) is 22.3 Å².